The quantitative estimate of drug-likeness (QED) is 0.914. The zero-order chi connectivity index (χ0) is 11.4. The van der Waals surface area contributed by atoms with E-state index in [1.807, 2.05) is 27.0 Å². The molecule has 1 heterocycles. The summed E-state index contributed by atoms with van der Waals surface area (Å²) in [6, 6.07) is -0.0655. The van der Waals surface area contributed by atoms with E-state index in [0.717, 1.165) is 10.9 Å². The summed E-state index contributed by atoms with van der Waals surface area (Å²) in [5.41, 5.74) is 0. The van der Waals surface area contributed by atoms with E-state index in [2.05, 4.69) is 26.3 Å². The predicted octanol–water partition coefficient (Wildman–Crippen LogP) is 2.12. The van der Waals surface area contributed by atoms with Gasteiger partial charge in [-0.2, -0.15) is 5.10 Å². The number of hydrogen-bond acceptors (Lipinski definition) is 2. The second-order valence-electron chi connectivity index (χ2n) is 3.73. The van der Waals surface area contributed by atoms with Gasteiger partial charge in [-0.3, -0.25) is 9.48 Å². The molecular formula is C10H16BrN3O. The van der Waals surface area contributed by atoms with E-state index < -0.39 is 0 Å². The van der Waals surface area contributed by atoms with Crippen molar-refractivity contribution in [2.24, 2.45) is 0 Å². The summed E-state index contributed by atoms with van der Waals surface area (Å²) >= 11 is 3.31. The normalized spacial score (nSPS) is 12.9. The molecule has 0 radical (unpaired) electrons. The van der Waals surface area contributed by atoms with E-state index in [1.54, 1.807) is 10.9 Å². The molecular weight excluding hydrogens is 258 g/mol. The Balaban J connectivity index is 2.75. The fraction of sp³-hybridized carbons (Fsp3) is 0.600. The monoisotopic (exact) mass is 273 g/mol. The third-order valence-electron chi connectivity index (χ3n) is 2.01. The third-order valence-corrected chi connectivity index (χ3v) is 2.42. The van der Waals surface area contributed by atoms with Crippen LogP contribution in [0.4, 0.5) is 0 Å². The van der Waals surface area contributed by atoms with Gasteiger partial charge in [0.2, 0.25) is 5.91 Å². The van der Waals surface area contributed by atoms with Gasteiger partial charge in [0.05, 0.1) is 10.7 Å². The van der Waals surface area contributed by atoms with Crippen molar-refractivity contribution in [1.82, 2.24) is 15.1 Å². The Morgan fingerprint density at radius 1 is 1.67 bits per heavy atom. The number of halogens is 1. The van der Waals surface area contributed by atoms with E-state index in [-0.39, 0.29) is 18.0 Å². The third kappa shape index (κ3) is 3.34. The minimum absolute atomic E-state index is 0.0168. The SMILES string of the molecule is CCC(C(=O)NC(C)C)n1cc(Br)cn1. The summed E-state index contributed by atoms with van der Waals surface area (Å²) in [6.45, 7) is 5.87. The van der Waals surface area contributed by atoms with Crippen LogP contribution in [0.3, 0.4) is 0 Å². The van der Waals surface area contributed by atoms with Gasteiger partial charge in [0, 0.05) is 12.2 Å². The van der Waals surface area contributed by atoms with Crippen molar-refractivity contribution in [2.75, 3.05) is 0 Å². The minimum Gasteiger partial charge on any atom is -0.352 e. The van der Waals surface area contributed by atoms with Crippen molar-refractivity contribution in [2.45, 2.75) is 39.3 Å². The van der Waals surface area contributed by atoms with E-state index >= 15 is 0 Å². The maximum absolute atomic E-state index is 11.8. The van der Waals surface area contributed by atoms with Crippen molar-refractivity contribution in [3.63, 3.8) is 0 Å². The summed E-state index contributed by atoms with van der Waals surface area (Å²) in [7, 11) is 0. The molecule has 1 atom stereocenters. The minimum atomic E-state index is -0.223. The molecule has 0 bridgehead atoms. The highest BCUT2D eigenvalue weighted by Gasteiger charge is 2.19. The summed E-state index contributed by atoms with van der Waals surface area (Å²) < 4.78 is 2.57. The van der Waals surface area contributed by atoms with Crippen LogP contribution in [-0.2, 0) is 4.79 Å². The molecule has 1 rings (SSSR count). The average molecular weight is 274 g/mol. The van der Waals surface area contributed by atoms with Crippen LogP contribution in [0.1, 0.15) is 33.2 Å². The standard InChI is InChI=1S/C10H16BrN3O/c1-4-9(10(15)13-7(2)3)14-6-8(11)5-12-14/h5-7,9H,4H2,1-3H3,(H,13,15). The van der Waals surface area contributed by atoms with E-state index in [9.17, 15) is 4.79 Å². The highest BCUT2D eigenvalue weighted by Crippen LogP contribution is 2.14. The molecule has 0 aliphatic heterocycles. The lowest BCUT2D eigenvalue weighted by Gasteiger charge is -2.17. The van der Waals surface area contributed by atoms with Crippen molar-refractivity contribution >= 4 is 21.8 Å². The summed E-state index contributed by atoms with van der Waals surface area (Å²) in [5, 5.41) is 7.01. The Bertz CT molecular complexity index is 335. The van der Waals surface area contributed by atoms with E-state index in [1.165, 1.54) is 0 Å². The van der Waals surface area contributed by atoms with Gasteiger partial charge >= 0.3 is 0 Å². The number of nitrogens with one attached hydrogen (secondary N) is 1. The first-order valence-electron chi connectivity index (χ1n) is 5.04. The molecule has 1 unspecified atom stereocenters. The molecule has 1 aromatic rings. The van der Waals surface area contributed by atoms with Gasteiger partial charge in [0.25, 0.3) is 0 Å². The zero-order valence-corrected chi connectivity index (χ0v) is 10.8. The number of rotatable bonds is 4. The van der Waals surface area contributed by atoms with Crippen molar-refractivity contribution in [1.29, 1.82) is 0 Å². The molecule has 1 N–H and O–H groups in total. The van der Waals surface area contributed by atoms with Crippen molar-refractivity contribution in [3.8, 4) is 0 Å². The summed E-state index contributed by atoms with van der Waals surface area (Å²) in [6.07, 6.45) is 4.23. The zero-order valence-electron chi connectivity index (χ0n) is 9.20. The highest BCUT2D eigenvalue weighted by molar-refractivity contribution is 9.10. The van der Waals surface area contributed by atoms with Gasteiger partial charge in [0.1, 0.15) is 6.04 Å². The van der Waals surface area contributed by atoms with Crippen LogP contribution < -0.4 is 5.32 Å². The maximum atomic E-state index is 11.8. The second kappa shape index (κ2) is 5.30. The lowest BCUT2D eigenvalue weighted by atomic mass is 10.2. The molecule has 4 nitrogen and oxygen atoms in total. The molecule has 0 aliphatic rings. The molecule has 0 fully saturated rings. The second-order valence-corrected chi connectivity index (χ2v) is 4.64. The molecule has 0 aromatic carbocycles. The van der Waals surface area contributed by atoms with E-state index in [4.69, 9.17) is 0 Å². The molecule has 84 valence electrons. The lowest BCUT2D eigenvalue weighted by molar-refractivity contribution is -0.125. The topological polar surface area (TPSA) is 46.9 Å². The first kappa shape index (κ1) is 12.2. The van der Waals surface area contributed by atoms with Gasteiger partial charge in [-0.15, -0.1) is 0 Å². The smallest absolute Gasteiger partial charge is 0.245 e. The average Bonchev–Trinajstić information content (AvgIpc) is 2.51. The van der Waals surface area contributed by atoms with Crippen LogP contribution in [-0.4, -0.2) is 21.7 Å². The van der Waals surface area contributed by atoms with Crippen LogP contribution in [0.15, 0.2) is 16.9 Å². The number of amides is 1. The largest absolute Gasteiger partial charge is 0.352 e. The fourth-order valence-corrected chi connectivity index (χ4v) is 1.66. The Morgan fingerprint density at radius 3 is 2.73 bits per heavy atom. The van der Waals surface area contributed by atoms with Gasteiger partial charge < -0.3 is 5.32 Å². The van der Waals surface area contributed by atoms with Crippen LogP contribution in [0, 0.1) is 0 Å². The molecule has 15 heavy (non-hydrogen) atoms. The first-order valence-corrected chi connectivity index (χ1v) is 5.84. The first-order chi connectivity index (χ1) is 7.04. The molecule has 1 amide bonds. The number of carbonyl (C=O) groups excluding carboxylic acids is 1. The summed E-state index contributed by atoms with van der Waals surface area (Å²) in [5.74, 6) is 0.0168. The van der Waals surface area contributed by atoms with Crippen LogP contribution in [0.2, 0.25) is 0 Å². The van der Waals surface area contributed by atoms with Crippen LogP contribution >= 0.6 is 15.9 Å². The van der Waals surface area contributed by atoms with E-state index in [0.29, 0.717) is 0 Å². The number of hydrogen-bond donors (Lipinski definition) is 1. The van der Waals surface area contributed by atoms with Gasteiger partial charge in [-0.25, -0.2) is 0 Å². The Kier molecular flexibility index (Phi) is 4.32. The maximum Gasteiger partial charge on any atom is 0.245 e. The van der Waals surface area contributed by atoms with Gasteiger partial charge in [-0.1, -0.05) is 6.92 Å². The summed E-state index contributed by atoms with van der Waals surface area (Å²) in [4.78, 5) is 11.8. The molecule has 0 saturated carbocycles. The van der Waals surface area contributed by atoms with Crippen molar-refractivity contribution < 1.29 is 4.79 Å². The van der Waals surface area contributed by atoms with Crippen molar-refractivity contribution in [3.05, 3.63) is 16.9 Å². The highest BCUT2D eigenvalue weighted by atomic mass is 79.9. The molecule has 0 saturated heterocycles. The molecule has 0 spiro atoms. The Hall–Kier alpha value is -0.840. The van der Waals surface area contributed by atoms with Crippen LogP contribution in [0.5, 0.6) is 0 Å². The fourth-order valence-electron chi connectivity index (χ4n) is 1.36. The number of aromatic nitrogens is 2. The number of nitrogens with zero attached hydrogens (tertiary/aromatic N) is 2. The molecule has 0 aliphatic carbocycles. The Labute approximate surface area is 98.2 Å². The van der Waals surface area contributed by atoms with Crippen LogP contribution in [0.25, 0.3) is 0 Å². The number of carbonyl (C=O) groups is 1. The Morgan fingerprint density at radius 2 is 2.33 bits per heavy atom. The molecule has 1 aromatic heterocycles. The van der Waals surface area contributed by atoms with Gasteiger partial charge in [-0.05, 0) is 36.2 Å². The lowest BCUT2D eigenvalue weighted by Crippen LogP contribution is -2.36. The predicted molar refractivity (Wildman–Crippen MR) is 62.5 cm³/mol. The molecule has 5 heteroatoms. The van der Waals surface area contributed by atoms with Gasteiger partial charge in [0.15, 0.2) is 0 Å².